The number of imidazole rings is 1. The van der Waals surface area contributed by atoms with E-state index in [-0.39, 0.29) is 0 Å². The van der Waals surface area contributed by atoms with Crippen molar-refractivity contribution in [2.75, 3.05) is 0 Å². The van der Waals surface area contributed by atoms with E-state index in [0.29, 0.717) is 23.5 Å². The Kier molecular flexibility index (Phi) is 2.98. The fourth-order valence-corrected chi connectivity index (χ4v) is 2.33. The summed E-state index contributed by atoms with van der Waals surface area (Å²) in [5.74, 6) is 1.85. The number of furan rings is 1. The van der Waals surface area contributed by atoms with E-state index >= 15 is 0 Å². The van der Waals surface area contributed by atoms with Crippen molar-refractivity contribution in [2.24, 2.45) is 0 Å². The molecule has 0 aliphatic rings. The Hall–Kier alpha value is -2.25. The molecule has 0 radical (unpaired) electrons. The molecule has 0 amide bonds. The zero-order valence-corrected chi connectivity index (χ0v) is 10.8. The molecule has 2 aromatic heterocycles. The number of rotatable bonds is 3. The summed E-state index contributed by atoms with van der Waals surface area (Å²) in [7, 11) is 0. The van der Waals surface area contributed by atoms with Crippen LogP contribution in [-0.2, 0) is 12.4 Å². The molecule has 3 aromatic rings. The number of hydrogen-bond acceptors (Lipinski definition) is 3. The van der Waals surface area contributed by atoms with Gasteiger partial charge < -0.3 is 8.98 Å². The predicted octanol–water partition coefficient (Wildman–Crippen LogP) is 3.29. The maximum absolute atomic E-state index is 9.11. The average molecular weight is 272 g/mol. The minimum atomic E-state index is 0.292. The van der Waals surface area contributed by atoms with Gasteiger partial charge in [0.25, 0.3) is 0 Å². The third-order valence-electron chi connectivity index (χ3n) is 2.99. The number of para-hydroxylation sites is 1. The van der Waals surface area contributed by atoms with E-state index in [4.69, 9.17) is 21.3 Å². The van der Waals surface area contributed by atoms with Crippen molar-refractivity contribution >= 4 is 22.6 Å². The largest absolute Gasteiger partial charge is 0.467 e. The number of halogens is 1. The van der Waals surface area contributed by atoms with Gasteiger partial charge >= 0.3 is 0 Å². The molecule has 1 aromatic carbocycles. The average Bonchev–Trinajstić information content (AvgIpc) is 3.07. The lowest BCUT2D eigenvalue weighted by Gasteiger charge is -2.05. The highest BCUT2D eigenvalue weighted by atomic mass is 35.5. The molecule has 0 saturated carbocycles. The zero-order chi connectivity index (χ0) is 13.2. The van der Waals surface area contributed by atoms with E-state index in [2.05, 4.69) is 11.1 Å². The number of benzene rings is 1. The Morgan fingerprint density at radius 2 is 2.21 bits per heavy atom. The van der Waals surface area contributed by atoms with E-state index in [9.17, 15) is 0 Å². The first-order valence-electron chi connectivity index (χ1n) is 5.80. The summed E-state index contributed by atoms with van der Waals surface area (Å²) in [6, 6.07) is 11.4. The maximum Gasteiger partial charge on any atom is 0.125 e. The van der Waals surface area contributed by atoms with Crippen LogP contribution in [0.15, 0.2) is 41.0 Å². The van der Waals surface area contributed by atoms with Crippen LogP contribution < -0.4 is 0 Å². The van der Waals surface area contributed by atoms with Crippen LogP contribution in [0.2, 0.25) is 0 Å². The summed E-state index contributed by atoms with van der Waals surface area (Å²) in [5, 5.41) is 9.11. The van der Waals surface area contributed by atoms with Gasteiger partial charge in [-0.1, -0.05) is 6.07 Å². The summed E-state index contributed by atoms with van der Waals surface area (Å²) in [6.07, 6.45) is 1.63. The predicted molar refractivity (Wildman–Crippen MR) is 71.8 cm³/mol. The number of alkyl halides is 1. The highest BCUT2D eigenvalue weighted by molar-refractivity contribution is 6.16. The molecule has 94 valence electrons. The summed E-state index contributed by atoms with van der Waals surface area (Å²) < 4.78 is 7.33. The number of hydrogen-bond donors (Lipinski definition) is 0. The highest BCUT2D eigenvalue weighted by Crippen LogP contribution is 2.22. The van der Waals surface area contributed by atoms with Crippen LogP contribution in [0.4, 0.5) is 0 Å². The van der Waals surface area contributed by atoms with Crippen molar-refractivity contribution in [3.05, 3.63) is 53.7 Å². The Balaban J connectivity index is 2.19. The molecule has 0 unspecified atom stereocenters. The lowest BCUT2D eigenvalue weighted by atomic mass is 10.2. The third kappa shape index (κ3) is 1.98. The van der Waals surface area contributed by atoms with E-state index in [1.165, 1.54) is 0 Å². The molecule has 0 bridgehead atoms. The number of fused-ring (bicyclic) bond motifs is 1. The van der Waals surface area contributed by atoms with Crippen LogP contribution in [0.25, 0.3) is 11.0 Å². The van der Waals surface area contributed by atoms with Gasteiger partial charge in [0.1, 0.15) is 23.2 Å². The summed E-state index contributed by atoms with van der Waals surface area (Å²) in [6.45, 7) is 0.556. The van der Waals surface area contributed by atoms with Crippen LogP contribution in [0.1, 0.15) is 17.1 Å². The van der Waals surface area contributed by atoms with E-state index in [1.807, 2.05) is 28.8 Å². The molecule has 0 aliphatic heterocycles. The van der Waals surface area contributed by atoms with Crippen LogP contribution in [-0.4, -0.2) is 9.55 Å². The molecule has 3 rings (SSSR count). The first kappa shape index (κ1) is 11.8. The van der Waals surface area contributed by atoms with E-state index in [1.54, 1.807) is 12.3 Å². The second kappa shape index (κ2) is 4.79. The molecule has 0 aliphatic carbocycles. The van der Waals surface area contributed by atoms with Gasteiger partial charge in [0, 0.05) is 0 Å². The minimum Gasteiger partial charge on any atom is -0.467 e. The Morgan fingerprint density at radius 1 is 1.32 bits per heavy atom. The Labute approximate surface area is 114 Å². The molecular weight excluding hydrogens is 262 g/mol. The lowest BCUT2D eigenvalue weighted by Crippen LogP contribution is -2.02. The topological polar surface area (TPSA) is 54.8 Å². The van der Waals surface area contributed by atoms with Crippen molar-refractivity contribution in [3.8, 4) is 6.07 Å². The van der Waals surface area contributed by atoms with Crippen molar-refractivity contribution in [1.82, 2.24) is 9.55 Å². The molecule has 0 saturated heterocycles. The molecular formula is C14H10ClN3O. The Morgan fingerprint density at radius 3 is 2.89 bits per heavy atom. The van der Waals surface area contributed by atoms with Gasteiger partial charge in [0.2, 0.25) is 0 Å². The number of nitrogens with zero attached hydrogens (tertiary/aromatic N) is 3. The van der Waals surface area contributed by atoms with Gasteiger partial charge in [-0.25, -0.2) is 4.98 Å². The van der Waals surface area contributed by atoms with E-state index in [0.717, 1.165) is 17.1 Å². The van der Waals surface area contributed by atoms with Crippen molar-refractivity contribution in [3.63, 3.8) is 0 Å². The van der Waals surface area contributed by atoms with Crippen molar-refractivity contribution < 1.29 is 4.42 Å². The minimum absolute atomic E-state index is 0.292. The fraction of sp³-hybridized carbons (Fsp3) is 0.143. The second-order valence-electron chi connectivity index (χ2n) is 4.11. The molecule has 5 heteroatoms. The van der Waals surface area contributed by atoms with Crippen LogP contribution in [0.3, 0.4) is 0 Å². The quantitative estimate of drug-likeness (QED) is 0.687. The van der Waals surface area contributed by atoms with Gasteiger partial charge in [-0.3, -0.25) is 0 Å². The normalized spacial score (nSPS) is 10.7. The maximum atomic E-state index is 9.11. The molecule has 0 N–H and O–H groups in total. The lowest BCUT2D eigenvalue weighted by molar-refractivity contribution is 0.493. The van der Waals surface area contributed by atoms with Gasteiger partial charge in [-0.15, -0.1) is 11.6 Å². The third-order valence-corrected chi connectivity index (χ3v) is 3.23. The molecule has 0 atom stereocenters. The number of aromatic nitrogens is 2. The van der Waals surface area contributed by atoms with Crippen LogP contribution in [0.5, 0.6) is 0 Å². The molecule has 4 nitrogen and oxygen atoms in total. The molecule has 0 spiro atoms. The van der Waals surface area contributed by atoms with Gasteiger partial charge in [-0.05, 0) is 24.3 Å². The monoisotopic (exact) mass is 271 g/mol. The standard InChI is InChI=1S/C14H10ClN3O/c15-7-13-17-14-10(8-16)3-1-5-12(14)18(13)9-11-4-2-6-19-11/h1-6H,7,9H2. The van der Waals surface area contributed by atoms with Crippen molar-refractivity contribution in [2.45, 2.75) is 12.4 Å². The van der Waals surface area contributed by atoms with Gasteiger partial charge in [0.15, 0.2) is 0 Å². The van der Waals surface area contributed by atoms with Gasteiger partial charge in [0.05, 0.1) is 29.8 Å². The molecule has 19 heavy (non-hydrogen) atoms. The molecule has 2 heterocycles. The van der Waals surface area contributed by atoms with Crippen LogP contribution in [0, 0.1) is 11.3 Å². The zero-order valence-electron chi connectivity index (χ0n) is 10.0. The summed E-state index contributed by atoms with van der Waals surface area (Å²) in [5.41, 5.74) is 2.14. The van der Waals surface area contributed by atoms with Gasteiger partial charge in [-0.2, -0.15) is 5.26 Å². The fourth-order valence-electron chi connectivity index (χ4n) is 2.12. The highest BCUT2D eigenvalue weighted by Gasteiger charge is 2.13. The SMILES string of the molecule is N#Cc1cccc2c1nc(CCl)n2Cc1ccco1. The Bertz CT molecular complexity index is 753. The van der Waals surface area contributed by atoms with Crippen LogP contribution >= 0.6 is 11.6 Å². The van der Waals surface area contributed by atoms with E-state index < -0.39 is 0 Å². The summed E-state index contributed by atoms with van der Waals surface area (Å²) >= 11 is 5.94. The molecule has 0 fully saturated rings. The van der Waals surface area contributed by atoms with Crippen molar-refractivity contribution in [1.29, 1.82) is 5.26 Å². The first-order chi connectivity index (χ1) is 9.33. The first-order valence-corrected chi connectivity index (χ1v) is 6.33. The number of nitriles is 1. The summed E-state index contributed by atoms with van der Waals surface area (Å²) in [4.78, 5) is 4.45. The second-order valence-corrected chi connectivity index (χ2v) is 4.38. The smallest absolute Gasteiger partial charge is 0.125 e.